The van der Waals surface area contributed by atoms with E-state index in [1.165, 1.54) is 24.3 Å². The van der Waals surface area contributed by atoms with Gasteiger partial charge in [0, 0.05) is 0 Å². The number of rotatable bonds is 7. The van der Waals surface area contributed by atoms with Gasteiger partial charge in [-0.15, -0.1) is 0 Å². The number of hydrogen-bond acceptors (Lipinski definition) is 4. The van der Waals surface area contributed by atoms with Gasteiger partial charge >= 0.3 is 0 Å². The van der Waals surface area contributed by atoms with Crippen molar-refractivity contribution in [3.05, 3.63) is 91.9 Å². The number of carbonyl (C=O) groups excluding carboxylic acids is 1. The smallest absolute Gasteiger partial charge is 0.266 e. The van der Waals surface area contributed by atoms with Crippen molar-refractivity contribution in [2.45, 2.75) is 20.5 Å². The average molecular weight is 526 g/mol. The van der Waals surface area contributed by atoms with Gasteiger partial charge in [-0.1, -0.05) is 53.1 Å². The van der Waals surface area contributed by atoms with E-state index in [1.807, 2.05) is 19.9 Å². The molecule has 0 unspecified atom stereocenters. The van der Waals surface area contributed by atoms with Gasteiger partial charge < -0.3 is 14.8 Å². The van der Waals surface area contributed by atoms with Gasteiger partial charge in [0.25, 0.3) is 5.91 Å². The van der Waals surface area contributed by atoms with Crippen LogP contribution in [0.4, 0.5) is 5.69 Å². The lowest BCUT2D eigenvalue weighted by Crippen LogP contribution is -2.13. The van der Waals surface area contributed by atoms with E-state index in [2.05, 4.69) is 39.4 Å². The lowest BCUT2D eigenvalue weighted by molar-refractivity contribution is -0.112. The zero-order valence-corrected chi connectivity index (χ0v) is 20.8. The third-order valence-electron chi connectivity index (χ3n) is 4.71. The molecule has 33 heavy (non-hydrogen) atoms. The number of methoxy groups -OCH3 is 1. The van der Waals surface area contributed by atoms with Crippen molar-refractivity contribution >= 4 is 45.2 Å². The number of nitrogens with zero attached hydrogens (tertiary/aromatic N) is 1. The molecule has 3 rings (SSSR count). The molecule has 1 amide bonds. The number of aryl methyl sites for hydroxylation is 2. The highest BCUT2D eigenvalue weighted by Gasteiger charge is 2.15. The summed E-state index contributed by atoms with van der Waals surface area (Å²) in [7, 11) is 1.54. The molecule has 0 saturated carbocycles. The topological polar surface area (TPSA) is 71.3 Å². The molecule has 1 N–H and O–H groups in total. The largest absolute Gasteiger partial charge is 0.493 e. The summed E-state index contributed by atoms with van der Waals surface area (Å²) >= 11 is 9.61. The maximum atomic E-state index is 12.6. The molecule has 7 heteroatoms. The number of hydrogen-bond donors (Lipinski definition) is 1. The number of nitrogens with one attached hydrogen (secondary N) is 1. The zero-order chi connectivity index (χ0) is 24.0. The molecule has 0 spiro atoms. The highest BCUT2D eigenvalue weighted by molar-refractivity contribution is 9.10. The summed E-state index contributed by atoms with van der Waals surface area (Å²) in [5.41, 5.74) is 4.34. The SMILES string of the molecule is COc1cc(/C=C(\C#N)C(=O)Nc2ccccc2Cl)cc(Br)c1OCc1cc(C)cc(C)c1. The Morgan fingerprint density at radius 1 is 1.15 bits per heavy atom. The van der Waals surface area contributed by atoms with Crippen LogP contribution >= 0.6 is 27.5 Å². The van der Waals surface area contributed by atoms with E-state index in [-0.39, 0.29) is 5.57 Å². The summed E-state index contributed by atoms with van der Waals surface area (Å²) in [6.07, 6.45) is 1.48. The Labute approximate surface area is 206 Å². The first-order valence-electron chi connectivity index (χ1n) is 10.1. The number of amides is 1. The Bertz CT molecular complexity index is 1240. The third-order valence-corrected chi connectivity index (χ3v) is 5.63. The molecule has 3 aromatic rings. The van der Waals surface area contributed by atoms with Crippen molar-refractivity contribution in [2.75, 3.05) is 12.4 Å². The van der Waals surface area contributed by atoms with E-state index in [1.54, 1.807) is 36.4 Å². The average Bonchev–Trinajstić information content (AvgIpc) is 2.77. The second-order valence-electron chi connectivity index (χ2n) is 7.42. The highest BCUT2D eigenvalue weighted by Crippen LogP contribution is 2.38. The number of halogens is 2. The number of anilines is 1. The molecule has 0 aliphatic heterocycles. The lowest BCUT2D eigenvalue weighted by Gasteiger charge is -2.14. The van der Waals surface area contributed by atoms with E-state index in [4.69, 9.17) is 21.1 Å². The summed E-state index contributed by atoms with van der Waals surface area (Å²) in [6.45, 7) is 4.46. The normalized spacial score (nSPS) is 11.0. The van der Waals surface area contributed by atoms with Crippen molar-refractivity contribution in [1.29, 1.82) is 5.26 Å². The van der Waals surface area contributed by atoms with Crippen LogP contribution in [0, 0.1) is 25.2 Å². The summed E-state index contributed by atoms with van der Waals surface area (Å²) in [5, 5.41) is 12.6. The molecule has 168 valence electrons. The maximum absolute atomic E-state index is 12.6. The molecule has 0 bridgehead atoms. The first-order valence-corrected chi connectivity index (χ1v) is 11.2. The van der Waals surface area contributed by atoms with Crippen LogP contribution in [0.2, 0.25) is 5.02 Å². The fourth-order valence-electron chi connectivity index (χ4n) is 3.34. The lowest BCUT2D eigenvalue weighted by atomic mass is 10.1. The van der Waals surface area contributed by atoms with Gasteiger partial charge in [-0.25, -0.2) is 0 Å². The maximum Gasteiger partial charge on any atom is 0.266 e. The minimum atomic E-state index is -0.559. The van der Waals surface area contributed by atoms with Gasteiger partial charge in [0.2, 0.25) is 0 Å². The molecule has 0 fully saturated rings. The minimum Gasteiger partial charge on any atom is -0.493 e. The second kappa shape index (κ2) is 11.0. The van der Waals surface area contributed by atoms with Crippen LogP contribution in [0.3, 0.4) is 0 Å². The Kier molecular flexibility index (Phi) is 8.16. The van der Waals surface area contributed by atoms with Crippen LogP contribution in [-0.2, 0) is 11.4 Å². The van der Waals surface area contributed by atoms with E-state index in [0.717, 1.165) is 5.56 Å². The Morgan fingerprint density at radius 2 is 1.85 bits per heavy atom. The summed E-state index contributed by atoms with van der Waals surface area (Å²) in [5.74, 6) is 0.451. The van der Waals surface area contributed by atoms with Gasteiger partial charge in [-0.3, -0.25) is 4.79 Å². The van der Waals surface area contributed by atoms with Gasteiger partial charge in [0.15, 0.2) is 11.5 Å². The van der Waals surface area contributed by atoms with Crippen molar-refractivity contribution in [2.24, 2.45) is 0 Å². The van der Waals surface area contributed by atoms with Gasteiger partial charge in [0.05, 0.1) is 22.3 Å². The molecule has 0 atom stereocenters. The molecule has 0 heterocycles. The van der Waals surface area contributed by atoms with Gasteiger partial charge in [-0.2, -0.15) is 5.26 Å². The molecule has 3 aromatic carbocycles. The fourth-order valence-corrected chi connectivity index (χ4v) is 4.10. The summed E-state index contributed by atoms with van der Waals surface area (Å²) < 4.78 is 12.2. The van der Waals surface area contributed by atoms with Crippen molar-refractivity contribution < 1.29 is 14.3 Å². The monoisotopic (exact) mass is 524 g/mol. The molecule has 5 nitrogen and oxygen atoms in total. The van der Waals surface area contributed by atoms with E-state index < -0.39 is 5.91 Å². The Balaban J connectivity index is 1.84. The predicted octanol–water partition coefficient (Wildman–Crippen LogP) is 6.85. The van der Waals surface area contributed by atoms with Crippen LogP contribution in [-0.4, -0.2) is 13.0 Å². The van der Waals surface area contributed by atoms with Crippen LogP contribution in [0.25, 0.3) is 6.08 Å². The van der Waals surface area contributed by atoms with Gasteiger partial charge in [-0.05, 0) is 71.2 Å². The first-order chi connectivity index (χ1) is 15.8. The first kappa shape index (κ1) is 24.4. The second-order valence-corrected chi connectivity index (χ2v) is 8.68. The van der Waals surface area contributed by atoms with Crippen molar-refractivity contribution in [3.63, 3.8) is 0 Å². The van der Waals surface area contributed by atoms with Crippen molar-refractivity contribution in [3.8, 4) is 17.6 Å². The zero-order valence-electron chi connectivity index (χ0n) is 18.4. The molecule has 0 aliphatic rings. The van der Waals surface area contributed by atoms with Crippen molar-refractivity contribution in [1.82, 2.24) is 0 Å². The number of ether oxygens (including phenoxy) is 2. The molecule has 0 radical (unpaired) electrons. The van der Waals surface area contributed by atoms with E-state index >= 15 is 0 Å². The van der Waals surface area contributed by atoms with Crippen LogP contribution < -0.4 is 14.8 Å². The summed E-state index contributed by atoms with van der Waals surface area (Å²) in [4.78, 5) is 12.6. The summed E-state index contributed by atoms with van der Waals surface area (Å²) in [6, 6.07) is 18.5. The number of nitriles is 1. The van der Waals surface area contributed by atoms with E-state index in [0.29, 0.717) is 38.9 Å². The molecular formula is C26H22BrClN2O3. The van der Waals surface area contributed by atoms with Crippen LogP contribution in [0.1, 0.15) is 22.3 Å². The van der Waals surface area contributed by atoms with Crippen LogP contribution in [0.15, 0.2) is 64.6 Å². The quantitative estimate of drug-likeness (QED) is 0.270. The minimum absolute atomic E-state index is 0.0761. The third kappa shape index (κ3) is 6.38. The fraction of sp³-hybridized carbons (Fsp3) is 0.154. The van der Waals surface area contributed by atoms with E-state index in [9.17, 15) is 10.1 Å². The Hall–Kier alpha value is -3.27. The highest BCUT2D eigenvalue weighted by atomic mass is 79.9. The molecule has 0 saturated heterocycles. The molecular weight excluding hydrogens is 504 g/mol. The molecule has 0 aliphatic carbocycles. The number of para-hydroxylation sites is 1. The number of carbonyl (C=O) groups is 1. The predicted molar refractivity (Wildman–Crippen MR) is 135 cm³/mol. The van der Waals surface area contributed by atoms with Crippen LogP contribution in [0.5, 0.6) is 11.5 Å². The Morgan fingerprint density at radius 3 is 2.48 bits per heavy atom. The number of benzene rings is 3. The molecule has 0 aromatic heterocycles. The van der Waals surface area contributed by atoms with Gasteiger partial charge in [0.1, 0.15) is 18.2 Å². The standard InChI is InChI=1S/C26H22BrClN2O3/c1-16-8-17(2)10-19(9-16)15-33-25-21(27)12-18(13-24(25)32-3)11-20(14-29)26(31)30-23-7-5-4-6-22(23)28/h4-13H,15H2,1-3H3,(H,30,31)/b20-11+.